The van der Waals surface area contributed by atoms with Gasteiger partial charge in [-0.1, -0.05) is 49.7 Å². The number of benzene rings is 2. The maximum absolute atomic E-state index is 10.9. The molecule has 31 heavy (non-hydrogen) atoms. The van der Waals surface area contributed by atoms with E-state index < -0.39 is 5.91 Å². The summed E-state index contributed by atoms with van der Waals surface area (Å²) in [6, 6.07) is 15.5. The van der Waals surface area contributed by atoms with E-state index in [0.717, 1.165) is 36.1 Å². The average molecular weight is 559 g/mol. The SMILES string of the molecule is CCNC(=NCc1cccc(OCC(N)=O)c1)NCC(C)(C)Cc1cccc(Cl)c1.I. The molecule has 0 saturated heterocycles. The minimum atomic E-state index is -0.502. The Balaban J connectivity index is 0.00000480. The van der Waals surface area contributed by atoms with Gasteiger partial charge in [0.15, 0.2) is 12.6 Å². The monoisotopic (exact) mass is 558 g/mol. The molecule has 0 aliphatic rings. The highest BCUT2D eigenvalue weighted by Crippen LogP contribution is 2.23. The number of primary amides is 1. The highest BCUT2D eigenvalue weighted by atomic mass is 127. The molecule has 0 aromatic heterocycles. The maximum Gasteiger partial charge on any atom is 0.255 e. The molecule has 0 saturated carbocycles. The standard InChI is InChI=1S/C23H31ClN4O2.HI/c1-4-26-22(27-14-18-8-6-10-20(12-18)30-15-21(25)29)28-16-23(2,3)13-17-7-5-9-19(24)11-17;/h5-12H,4,13-16H2,1-3H3,(H2,25,29)(H2,26,27,28);1H. The normalized spacial score (nSPS) is 11.4. The van der Waals surface area contributed by atoms with E-state index in [1.54, 1.807) is 6.07 Å². The highest BCUT2D eigenvalue weighted by Gasteiger charge is 2.19. The molecule has 2 aromatic carbocycles. The fourth-order valence-corrected chi connectivity index (χ4v) is 3.20. The zero-order valence-corrected chi connectivity index (χ0v) is 21.4. The second-order valence-corrected chi connectivity index (χ2v) is 8.36. The van der Waals surface area contributed by atoms with Gasteiger partial charge in [0.05, 0.1) is 6.54 Å². The number of guanidine groups is 1. The number of nitrogens with one attached hydrogen (secondary N) is 2. The van der Waals surface area contributed by atoms with Crippen LogP contribution in [0.1, 0.15) is 31.9 Å². The molecule has 0 radical (unpaired) electrons. The Morgan fingerprint density at radius 1 is 1.13 bits per heavy atom. The van der Waals surface area contributed by atoms with E-state index in [9.17, 15) is 4.79 Å². The number of carbonyl (C=O) groups excluding carboxylic acids is 1. The van der Waals surface area contributed by atoms with Crippen LogP contribution in [0.2, 0.25) is 5.02 Å². The molecule has 6 nitrogen and oxygen atoms in total. The van der Waals surface area contributed by atoms with Gasteiger partial charge in [-0.2, -0.15) is 0 Å². The third kappa shape index (κ3) is 10.7. The third-order valence-corrected chi connectivity index (χ3v) is 4.58. The summed E-state index contributed by atoms with van der Waals surface area (Å²) in [5.41, 5.74) is 7.33. The van der Waals surface area contributed by atoms with E-state index >= 15 is 0 Å². The van der Waals surface area contributed by atoms with Crippen LogP contribution in [0.3, 0.4) is 0 Å². The van der Waals surface area contributed by atoms with Gasteiger partial charge in [-0.3, -0.25) is 4.79 Å². The van der Waals surface area contributed by atoms with Crippen LogP contribution in [0, 0.1) is 5.41 Å². The molecule has 0 atom stereocenters. The van der Waals surface area contributed by atoms with Gasteiger partial charge in [-0.15, -0.1) is 24.0 Å². The molecule has 0 fully saturated rings. The van der Waals surface area contributed by atoms with E-state index in [4.69, 9.17) is 22.1 Å². The highest BCUT2D eigenvalue weighted by molar-refractivity contribution is 14.0. The number of rotatable bonds is 10. The zero-order chi connectivity index (χ0) is 22.0. The molecule has 0 bridgehead atoms. The molecule has 0 aliphatic heterocycles. The molecule has 2 aromatic rings. The Bertz CT molecular complexity index is 874. The molecule has 8 heteroatoms. The van der Waals surface area contributed by atoms with Crippen molar-refractivity contribution in [2.45, 2.75) is 33.7 Å². The summed E-state index contributed by atoms with van der Waals surface area (Å²) in [7, 11) is 0. The van der Waals surface area contributed by atoms with Crippen LogP contribution in [0.15, 0.2) is 53.5 Å². The molecular formula is C23H32ClIN4O2. The lowest BCUT2D eigenvalue weighted by Gasteiger charge is -2.26. The van der Waals surface area contributed by atoms with Crippen molar-refractivity contribution in [2.24, 2.45) is 16.1 Å². The molecule has 0 unspecified atom stereocenters. The van der Waals surface area contributed by atoms with Gasteiger partial charge in [0.1, 0.15) is 5.75 Å². The van der Waals surface area contributed by atoms with Crippen molar-refractivity contribution in [3.63, 3.8) is 0 Å². The van der Waals surface area contributed by atoms with E-state index in [2.05, 4.69) is 35.5 Å². The average Bonchev–Trinajstić information content (AvgIpc) is 2.68. The number of amides is 1. The van der Waals surface area contributed by atoms with E-state index in [-0.39, 0.29) is 36.0 Å². The van der Waals surface area contributed by atoms with E-state index in [1.807, 2.05) is 43.3 Å². The van der Waals surface area contributed by atoms with Crippen molar-refractivity contribution >= 4 is 47.4 Å². The molecule has 1 amide bonds. The van der Waals surface area contributed by atoms with Crippen molar-refractivity contribution in [3.8, 4) is 5.75 Å². The van der Waals surface area contributed by atoms with Gasteiger partial charge in [0.2, 0.25) is 0 Å². The quantitative estimate of drug-likeness (QED) is 0.232. The predicted molar refractivity (Wildman–Crippen MR) is 138 cm³/mol. The fraction of sp³-hybridized carbons (Fsp3) is 0.391. The van der Waals surface area contributed by atoms with Crippen LogP contribution in [0.5, 0.6) is 5.75 Å². The summed E-state index contributed by atoms with van der Waals surface area (Å²) >= 11 is 6.11. The zero-order valence-electron chi connectivity index (χ0n) is 18.3. The number of aliphatic imine (C=N–C) groups is 1. The molecule has 2 rings (SSSR count). The first-order valence-electron chi connectivity index (χ1n) is 10.0. The largest absolute Gasteiger partial charge is 0.484 e. The second-order valence-electron chi connectivity index (χ2n) is 7.92. The minimum absolute atomic E-state index is 0. The number of nitrogens with zero attached hydrogens (tertiary/aromatic N) is 1. The first-order valence-corrected chi connectivity index (χ1v) is 10.4. The fourth-order valence-electron chi connectivity index (χ4n) is 2.99. The smallest absolute Gasteiger partial charge is 0.255 e. The number of ether oxygens (including phenoxy) is 1. The van der Waals surface area contributed by atoms with Crippen LogP contribution in [-0.2, 0) is 17.8 Å². The summed E-state index contributed by atoms with van der Waals surface area (Å²) in [6.07, 6.45) is 0.902. The van der Waals surface area contributed by atoms with Crippen molar-refractivity contribution in [1.29, 1.82) is 0 Å². The van der Waals surface area contributed by atoms with Crippen LogP contribution in [0.25, 0.3) is 0 Å². The summed E-state index contributed by atoms with van der Waals surface area (Å²) in [4.78, 5) is 15.6. The third-order valence-electron chi connectivity index (χ3n) is 4.35. The van der Waals surface area contributed by atoms with Crippen LogP contribution in [-0.4, -0.2) is 31.6 Å². The van der Waals surface area contributed by atoms with Crippen LogP contribution < -0.4 is 21.1 Å². The predicted octanol–water partition coefficient (Wildman–Crippen LogP) is 4.15. The summed E-state index contributed by atoms with van der Waals surface area (Å²) in [5.74, 6) is 0.847. The van der Waals surface area contributed by atoms with Gasteiger partial charge in [0.25, 0.3) is 5.91 Å². The summed E-state index contributed by atoms with van der Waals surface area (Å²) in [5, 5.41) is 7.47. The lowest BCUT2D eigenvalue weighted by molar-refractivity contribution is -0.119. The van der Waals surface area contributed by atoms with Gasteiger partial charge < -0.3 is 21.1 Å². The summed E-state index contributed by atoms with van der Waals surface area (Å²) < 4.78 is 5.36. The molecule has 0 heterocycles. The lowest BCUT2D eigenvalue weighted by Crippen LogP contribution is -2.42. The Labute approximate surface area is 207 Å². The van der Waals surface area contributed by atoms with Crippen molar-refractivity contribution in [1.82, 2.24) is 10.6 Å². The van der Waals surface area contributed by atoms with E-state index in [1.165, 1.54) is 5.56 Å². The Hall–Kier alpha value is -2.00. The number of hydrogen-bond donors (Lipinski definition) is 3. The molecule has 170 valence electrons. The Kier molecular flexibility index (Phi) is 11.7. The number of nitrogens with two attached hydrogens (primary N) is 1. The topological polar surface area (TPSA) is 88.7 Å². The molecular weight excluding hydrogens is 527 g/mol. The lowest BCUT2D eigenvalue weighted by atomic mass is 9.86. The van der Waals surface area contributed by atoms with Crippen molar-refractivity contribution in [3.05, 3.63) is 64.7 Å². The van der Waals surface area contributed by atoms with Crippen molar-refractivity contribution < 1.29 is 9.53 Å². The molecule has 0 spiro atoms. The summed E-state index contributed by atoms with van der Waals surface area (Å²) in [6.45, 7) is 8.33. The Morgan fingerprint density at radius 2 is 1.84 bits per heavy atom. The second kappa shape index (κ2) is 13.4. The Morgan fingerprint density at radius 3 is 2.52 bits per heavy atom. The van der Waals surface area contributed by atoms with Gasteiger partial charge >= 0.3 is 0 Å². The molecule has 0 aliphatic carbocycles. The number of halogens is 2. The van der Waals surface area contributed by atoms with Crippen molar-refractivity contribution in [2.75, 3.05) is 19.7 Å². The van der Waals surface area contributed by atoms with E-state index in [0.29, 0.717) is 12.3 Å². The van der Waals surface area contributed by atoms with Crippen LogP contribution >= 0.6 is 35.6 Å². The number of carbonyl (C=O) groups is 1. The van der Waals surface area contributed by atoms with Gasteiger partial charge in [0, 0.05) is 18.1 Å². The molecule has 4 N–H and O–H groups in total. The van der Waals surface area contributed by atoms with Gasteiger partial charge in [-0.05, 0) is 54.2 Å². The number of hydrogen-bond acceptors (Lipinski definition) is 3. The van der Waals surface area contributed by atoms with Gasteiger partial charge in [-0.25, -0.2) is 4.99 Å². The first-order chi connectivity index (χ1) is 14.3. The first kappa shape index (κ1) is 27.0. The van der Waals surface area contributed by atoms with Crippen LogP contribution in [0.4, 0.5) is 0 Å². The minimum Gasteiger partial charge on any atom is -0.484 e. The maximum atomic E-state index is 10.9.